The Morgan fingerprint density at radius 1 is 1.35 bits per heavy atom. The topological polar surface area (TPSA) is 159 Å². The summed E-state index contributed by atoms with van der Waals surface area (Å²) < 4.78 is 6.45. The van der Waals surface area contributed by atoms with Crippen LogP contribution in [0.3, 0.4) is 0 Å². The van der Waals surface area contributed by atoms with E-state index in [1.807, 2.05) is 0 Å². The van der Waals surface area contributed by atoms with Crippen LogP contribution in [0.5, 0.6) is 5.88 Å². The average molecular weight is 483 g/mol. The zero-order valence-electron chi connectivity index (χ0n) is 18.0. The zero-order chi connectivity index (χ0) is 24.2. The van der Waals surface area contributed by atoms with E-state index in [9.17, 15) is 9.59 Å². The van der Waals surface area contributed by atoms with E-state index in [4.69, 9.17) is 21.5 Å². The number of carbonyl (C=O) groups is 2. The summed E-state index contributed by atoms with van der Waals surface area (Å²) in [6.07, 6.45) is 4.21. The van der Waals surface area contributed by atoms with Crippen LogP contribution in [0.1, 0.15) is 26.4 Å². The van der Waals surface area contributed by atoms with Gasteiger partial charge in [-0.2, -0.15) is 5.10 Å². The van der Waals surface area contributed by atoms with Crippen molar-refractivity contribution in [1.82, 2.24) is 30.3 Å². The number of aromatic nitrogens is 5. The second-order valence-electron chi connectivity index (χ2n) is 7.03. The number of ether oxygens (including phenoxy) is 1. The third-order valence-corrected chi connectivity index (χ3v) is 5.20. The lowest BCUT2D eigenvalue weighted by Gasteiger charge is -2.15. The number of nitrogens with zero attached hydrogens (tertiary/aromatic N) is 5. The Labute approximate surface area is 197 Å². The third-order valence-electron chi connectivity index (χ3n) is 4.90. The Morgan fingerprint density at radius 3 is 2.91 bits per heavy atom. The van der Waals surface area contributed by atoms with Gasteiger partial charge in [-0.1, -0.05) is 11.6 Å². The molecule has 0 atom stereocenters. The van der Waals surface area contributed by atoms with E-state index >= 15 is 0 Å². The predicted molar refractivity (Wildman–Crippen MR) is 124 cm³/mol. The van der Waals surface area contributed by atoms with Crippen molar-refractivity contribution in [1.29, 1.82) is 0 Å². The van der Waals surface area contributed by atoms with Crippen LogP contribution in [0.4, 0.5) is 5.69 Å². The number of hydrogen-bond acceptors (Lipinski definition) is 8. The number of rotatable bonds is 7. The van der Waals surface area contributed by atoms with E-state index in [0.717, 1.165) is 6.21 Å². The van der Waals surface area contributed by atoms with E-state index < -0.39 is 11.8 Å². The summed E-state index contributed by atoms with van der Waals surface area (Å²) in [5.41, 5.74) is 1.57. The predicted octanol–water partition coefficient (Wildman–Crippen LogP) is 2.56. The lowest BCUT2D eigenvalue weighted by atomic mass is 10.0. The van der Waals surface area contributed by atoms with E-state index in [2.05, 4.69) is 36.1 Å². The van der Waals surface area contributed by atoms with Crippen LogP contribution in [0, 0.1) is 6.92 Å². The number of benzene rings is 1. The van der Waals surface area contributed by atoms with Crippen LogP contribution in [0.2, 0.25) is 5.02 Å². The monoisotopic (exact) mass is 482 g/mol. The normalized spacial score (nSPS) is 11.1. The van der Waals surface area contributed by atoms with Crippen molar-refractivity contribution in [2.45, 2.75) is 6.92 Å². The minimum absolute atomic E-state index is 0.0194. The Balaban J connectivity index is 1.78. The van der Waals surface area contributed by atoms with Crippen LogP contribution < -0.4 is 15.4 Å². The molecular formula is C21H19ClN8O4. The number of aromatic amines is 1. The number of carbonyl (C=O) groups excluding carboxylic acids is 2. The van der Waals surface area contributed by atoms with Gasteiger partial charge in [0.15, 0.2) is 5.82 Å². The molecule has 4 aromatic rings. The number of fused-ring (bicyclic) bond motifs is 1. The van der Waals surface area contributed by atoms with Crippen molar-refractivity contribution in [3.63, 3.8) is 0 Å². The van der Waals surface area contributed by atoms with Crippen molar-refractivity contribution >= 4 is 46.2 Å². The molecular weight excluding hydrogens is 464 g/mol. The highest BCUT2D eigenvalue weighted by molar-refractivity contribution is 6.32. The number of halogens is 1. The molecule has 34 heavy (non-hydrogen) atoms. The van der Waals surface area contributed by atoms with Crippen LogP contribution in [0.25, 0.3) is 16.7 Å². The van der Waals surface area contributed by atoms with Gasteiger partial charge < -0.3 is 20.6 Å². The number of methoxy groups -OCH3 is 1. The molecule has 4 rings (SSSR count). The molecule has 174 valence electrons. The quantitative estimate of drug-likeness (QED) is 0.179. The molecule has 0 saturated heterocycles. The number of nitrogens with one attached hydrogen (secondary N) is 3. The standard InChI is InChI=1S/C21H19ClN8O4/c1-11-8-12-10-25-28-18(12)16(21(32)24-6-7-26-33)17(11)27-20(31)14-9-15(34-2)29-30(14)19-13(22)4-3-5-23-19/h3-5,7-10,33H,6H2,1-2H3,(H,24,32)(H,25,28)(H,27,31)/b26-7+. The number of H-pyrrole nitrogens is 1. The minimum Gasteiger partial charge on any atom is -0.480 e. The van der Waals surface area contributed by atoms with Gasteiger partial charge >= 0.3 is 0 Å². The zero-order valence-corrected chi connectivity index (χ0v) is 18.8. The van der Waals surface area contributed by atoms with Gasteiger partial charge in [0, 0.05) is 17.6 Å². The molecule has 0 aliphatic carbocycles. The molecule has 2 amide bonds. The highest BCUT2D eigenvalue weighted by atomic mass is 35.5. The van der Waals surface area contributed by atoms with E-state index in [0.29, 0.717) is 16.5 Å². The number of anilines is 1. The fraction of sp³-hybridized carbons (Fsp3) is 0.143. The molecule has 3 heterocycles. The summed E-state index contributed by atoms with van der Waals surface area (Å²) in [5.74, 6) is -0.675. The Kier molecular flexibility index (Phi) is 6.41. The summed E-state index contributed by atoms with van der Waals surface area (Å²) in [6.45, 7) is 1.73. The third kappa shape index (κ3) is 4.26. The fourth-order valence-electron chi connectivity index (χ4n) is 3.38. The SMILES string of the molecule is COc1cc(C(=O)Nc2c(C)cc3cn[nH]c3c2C(=O)NC/C=N/O)n(-c2ncccc2Cl)n1. The summed E-state index contributed by atoms with van der Waals surface area (Å²) >= 11 is 6.27. The average Bonchev–Trinajstić information content (AvgIpc) is 3.46. The van der Waals surface area contributed by atoms with Crippen molar-refractivity contribution in [3.8, 4) is 11.7 Å². The van der Waals surface area contributed by atoms with Gasteiger partial charge in [0.05, 0.1) is 47.9 Å². The Bertz CT molecular complexity index is 1410. The molecule has 1 aromatic carbocycles. The molecule has 3 aromatic heterocycles. The Hall–Kier alpha value is -4.45. The first-order valence-corrected chi connectivity index (χ1v) is 10.3. The lowest BCUT2D eigenvalue weighted by Crippen LogP contribution is -2.28. The summed E-state index contributed by atoms with van der Waals surface area (Å²) in [4.78, 5) is 30.6. The molecule has 0 unspecified atom stereocenters. The summed E-state index contributed by atoms with van der Waals surface area (Å²) in [6, 6.07) is 6.49. The molecule has 0 bridgehead atoms. The van der Waals surface area contributed by atoms with Crippen LogP contribution >= 0.6 is 11.6 Å². The molecule has 12 nitrogen and oxygen atoms in total. The van der Waals surface area contributed by atoms with Crippen LogP contribution in [-0.4, -0.2) is 61.9 Å². The van der Waals surface area contributed by atoms with Crippen molar-refractivity contribution in [3.05, 3.63) is 58.5 Å². The van der Waals surface area contributed by atoms with Gasteiger partial charge in [0.2, 0.25) is 5.88 Å². The molecule has 0 radical (unpaired) electrons. The maximum Gasteiger partial charge on any atom is 0.274 e. The molecule has 0 saturated carbocycles. The van der Waals surface area contributed by atoms with Gasteiger partial charge in [0.1, 0.15) is 5.69 Å². The number of hydrogen-bond donors (Lipinski definition) is 4. The summed E-state index contributed by atoms with van der Waals surface area (Å²) in [5, 5.41) is 28.9. The molecule has 0 spiro atoms. The lowest BCUT2D eigenvalue weighted by molar-refractivity contribution is 0.0961. The van der Waals surface area contributed by atoms with Gasteiger partial charge in [-0.3, -0.25) is 14.7 Å². The molecule has 4 N–H and O–H groups in total. The van der Waals surface area contributed by atoms with Crippen LogP contribution in [-0.2, 0) is 0 Å². The fourth-order valence-corrected chi connectivity index (χ4v) is 3.58. The van der Waals surface area contributed by atoms with Gasteiger partial charge in [-0.15, -0.1) is 10.3 Å². The van der Waals surface area contributed by atoms with Crippen molar-refractivity contribution in [2.75, 3.05) is 19.0 Å². The molecule has 0 aliphatic rings. The van der Waals surface area contributed by atoms with Gasteiger partial charge in [-0.05, 0) is 30.7 Å². The highest BCUT2D eigenvalue weighted by Crippen LogP contribution is 2.30. The smallest absolute Gasteiger partial charge is 0.274 e. The first-order chi connectivity index (χ1) is 16.4. The van der Waals surface area contributed by atoms with Gasteiger partial charge in [0.25, 0.3) is 11.8 Å². The van der Waals surface area contributed by atoms with Crippen molar-refractivity contribution in [2.24, 2.45) is 5.16 Å². The van der Waals surface area contributed by atoms with E-state index in [-0.39, 0.29) is 40.2 Å². The molecule has 0 aliphatic heterocycles. The van der Waals surface area contributed by atoms with E-state index in [1.54, 1.807) is 31.3 Å². The second-order valence-corrected chi connectivity index (χ2v) is 7.44. The largest absolute Gasteiger partial charge is 0.480 e. The summed E-state index contributed by atoms with van der Waals surface area (Å²) in [7, 11) is 1.42. The van der Waals surface area contributed by atoms with Crippen molar-refractivity contribution < 1.29 is 19.5 Å². The number of pyridine rings is 1. The minimum atomic E-state index is -0.578. The number of amides is 2. The first-order valence-electron chi connectivity index (χ1n) is 9.91. The molecule has 13 heteroatoms. The first kappa shape index (κ1) is 22.7. The second kappa shape index (κ2) is 9.58. The molecule has 0 fully saturated rings. The Morgan fingerprint density at radius 2 is 2.18 bits per heavy atom. The van der Waals surface area contributed by atoms with Crippen LogP contribution in [0.15, 0.2) is 41.8 Å². The maximum absolute atomic E-state index is 13.4. The highest BCUT2D eigenvalue weighted by Gasteiger charge is 2.24. The number of aryl methyl sites for hydroxylation is 1. The van der Waals surface area contributed by atoms with Gasteiger partial charge in [-0.25, -0.2) is 9.67 Å². The van der Waals surface area contributed by atoms with E-state index in [1.165, 1.54) is 24.1 Å². The maximum atomic E-state index is 13.4. The number of oxime groups is 1.